The van der Waals surface area contributed by atoms with Crippen LogP contribution in [0.2, 0.25) is 0 Å². The fraction of sp³-hybridized carbons (Fsp3) is 0.0833. The van der Waals surface area contributed by atoms with Crippen LogP contribution in [0.4, 0.5) is 5.13 Å². The van der Waals surface area contributed by atoms with E-state index in [0.717, 1.165) is 11.3 Å². The molecule has 0 aliphatic heterocycles. The van der Waals surface area contributed by atoms with Gasteiger partial charge < -0.3 is 9.73 Å². The molecule has 0 spiro atoms. The van der Waals surface area contributed by atoms with Gasteiger partial charge in [0.2, 0.25) is 5.91 Å². The van der Waals surface area contributed by atoms with Gasteiger partial charge in [0.05, 0.1) is 11.2 Å². The van der Waals surface area contributed by atoms with E-state index >= 15 is 0 Å². The standard InChI is InChI=1S/C12H9N3O3S/c1-6(16)13-11-14-9(5-19-11)7-2-3-8-10(4-7)18-12(17)15-8/h2-5H,1H3,(H,15,17)(H,13,14,16). The first kappa shape index (κ1) is 11.7. The number of nitrogens with one attached hydrogen (secondary N) is 2. The predicted octanol–water partition coefficient (Wildman–Crippen LogP) is 2.20. The largest absolute Gasteiger partial charge is 0.417 e. The lowest BCUT2D eigenvalue weighted by Gasteiger charge is -1.96. The van der Waals surface area contributed by atoms with Crippen molar-refractivity contribution in [3.05, 3.63) is 34.1 Å². The number of H-pyrrole nitrogens is 1. The van der Waals surface area contributed by atoms with Crippen LogP contribution in [0.5, 0.6) is 0 Å². The number of hydrogen-bond acceptors (Lipinski definition) is 5. The van der Waals surface area contributed by atoms with Crippen LogP contribution in [0, 0.1) is 0 Å². The molecule has 19 heavy (non-hydrogen) atoms. The van der Waals surface area contributed by atoms with Crippen molar-refractivity contribution in [2.45, 2.75) is 6.92 Å². The van der Waals surface area contributed by atoms with E-state index < -0.39 is 5.76 Å². The number of hydrogen-bond donors (Lipinski definition) is 2. The van der Waals surface area contributed by atoms with Gasteiger partial charge in [-0.2, -0.15) is 0 Å². The van der Waals surface area contributed by atoms with Crippen molar-refractivity contribution in [2.75, 3.05) is 5.32 Å². The Balaban J connectivity index is 2.01. The maximum atomic E-state index is 11.1. The molecule has 0 aliphatic rings. The maximum Gasteiger partial charge on any atom is 0.417 e. The average molecular weight is 275 g/mol. The Labute approximate surface area is 111 Å². The number of nitrogens with zero attached hydrogens (tertiary/aromatic N) is 1. The van der Waals surface area contributed by atoms with Crippen LogP contribution in [-0.2, 0) is 4.79 Å². The van der Waals surface area contributed by atoms with Crippen LogP contribution >= 0.6 is 11.3 Å². The van der Waals surface area contributed by atoms with E-state index in [1.54, 1.807) is 12.1 Å². The number of aromatic nitrogens is 2. The van der Waals surface area contributed by atoms with Gasteiger partial charge in [0.25, 0.3) is 0 Å². The monoisotopic (exact) mass is 275 g/mol. The van der Waals surface area contributed by atoms with Crippen molar-refractivity contribution in [2.24, 2.45) is 0 Å². The summed E-state index contributed by atoms with van der Waals surface area (Å²) in [5.41, 5.74) is 2.67. The van der Waals surface area contributed by atoms with Gasteiger partial charge in [-0.25, -0.2) is 9.78 Å². The van der Waals surface area contributed by atoms with Crippen molar-refractivity contribution >= 4 is 33.5 Å². The minimum Gasteiger partial charge on any atom is -0.408 e. The maximum absolute atomic E-state index is 11.1. The van der Waals surface area contributed by atoms with E-state index in [-0.39, 0.29) is 5.91 Å². The topological polar surface area (TPSA) is 88.0 Å². The molecule has 3 rings (SSSR count). The summed E-state index contributed by atoms with van der Waals surface area (Å²) in [4.78, 5) is 28.9. The highest BCUT2D eigenvalue weighted by molar-refractivity contribution is 7.14. The second-order valence-corrected chi connectivity index (χ2v) is 4.80. The fourth-order valence-electron chi connectivity index (χ4n) is 1.72. The first-order chi connectivity index (χ1) is 9.11. The highest BCUT2D eigenvalue weighted by atomic mass is 32.1. The van der Waals surface area contributed by atoms with Gasteiger partial charge in [-0.15, -0.1) is 11.3 Å². The molecule has 6 nitrogen and oxygen atoms in total. The lowest BCUT2D eigenvalue weighted by atomic mass is 10.1. The third kappa shape index (κ3) is 2.27. The van der Waals surface area contributed by atoms with Gasteiger partial charge >= 0.3 is 5.76 Å². The molecule has 2 heterocycles. The van der Waals surface area contributed by atoms with Crippen LogP contribution < -0.4 is 11.1 Å². The number of thiazole rings is 1. The minimum absolute atomic E-state index is 0.159. The number of fused-ring (bicyclic) bond motifs is 1. The Morgan fingerprint density at radius 1 is 1.47 bits per heavy atom. The number of aromatic amines is 1. The van der Waals surface area contributed by atoms with E-state index in [2.05, 4.69) is 15.3 Å². The highest BCUT2D eigenvalue weighted by Gasteiger charge is 2.08. The average Bonchev–Trinajstić information content (AvgIpc) is 2.92. The zero-order valence-corrected chi connectivity index (χ0v) is 10.7. The van der Waals surface area contributed by atoms with E-state index in [9.17, 15) is 9.59 Å². The Morgan fingerprint density at radius 2 is 2.32 bits per heavy atom. The Hall–Kier alpha value is -2.41. The molecule has 0 fully saturated rings. The number of benzene rings is 1. The summed E-state index contributed by atoms with van der Waals surface area (Å²) >= 11 is 1.34. The molecule has 0 bridgehead atoms. The van der Waals surface area contributed by atoms with Crippen molar-refractivity contribution in [1.29, 1.82) is 0 Å². The van der Waals surface area contributed by atoms with Crippen LogP contribution in [0.25, 0.3) is 22.4 Å². The number of amides is 1. The van der Waals surface area contributed by atoms with Crippen molar-refractivity contribution in [3.63, 3.8) is 0 Å². The molecule has 96 valence electrons. The zero-order valence-electron chi connectivity index (χ0n) is 9.89. The second-order valence-electron chi connectivity index (χ2n) is 3.94. The van der Waals surface area contributed by atoms with Gasteiger partial charge in [-0.3, -0.25) is 9.78 Å². The van der Waals surface area contributed by atoms with Gasteiger partial charge in [-0.1, -0.05) is 6.07 Å². The number of carbonyl (C=O) groups excluding carboxylic acids is 1. The smallest absolute Gasteiger partial charge is 0.408 e. The lowest BCUT2D eigenvalue weighted by Crippen LogP contribution is -2.04. The van der Waals surface area contributed by atoms with Crippen LogP contribution in [0.3, 0.4) is 0 Å². The quantitative estimate of drug-likeness (QED) is 0.750. The minimum atomic E-state index is -0.482. The summed E-state index contributed by atoms with van der Waals surface area (Å²) in [6.45, 7) is 1.43. The molecule has 1 aromatic carbocycles. The molecule has 0 saturated carbocycles. The summed E-state index contributed by atoms with van der Waals surface area (Å²) in [6.07, 6.45) is 0. The van der Waals surface area contributed by atoms with Crippen molar-refractivity contribution in [3.8, 4) is 11.3 Å². The van der Waals surface area contributed by atoms with Gasteiger partial charge in [0.1, 0.15) is 0 Å². The molecule has 0 radical (unpaired) electrons. The molecular formula is C12H9N3O3S. The highest BCUT2D eigenvalue weighted by Crippen LogP contribution is 2.26. The van der Waals surface area contributed by atoms with Crippen LogP contribution in [0.15, 0.2) is 32.8 Å². The molecular weight excluding hydrogens is 266 g/mol. The first-order valence-electron chi connectivity index (χ1n) is 5.48. The van der Waals surface area contributed by atoms with Crippen molar-refractivity contribution < 1.29 is 9.21 Å². The number of rotatable bonds is 2. The molecule has 0 saturated heterocycles. The third-order valence-electron chi connectivity index (χ3n) is 2.50. The lowest BCUT2D eigenvalue weighted by molar-refractivity contribution is -0.114. The number of anilines is 1. The third-order valence-corrected chi connectivity index (χ3v) is 3.26. The molecule has 1 amide bonds. The van der Waals surface area contributed by atoms with Gasteiger partial charge in [0.15, 0.2) is 10.7 Å². The van der Waals surface area contributed by atoms with E-state index in [1.165, 1.54) is 18.3 Å². The number of carbonyl (C=O) groups is 1. The molecule has 0 unspecified atom stereocenters. The second kappa shape index (κ2) is 4.36. The fourth-order valence-corrected chi connectivity index (χ4v) is 2.48. The SMILES string of the molecule is CC(=O)Nc1nc(-c2ccc3[nH]c(=O)oc3c2)cs1. The molecule has 7 heteroatoms. The summed E-state index contributed by atoms with van der Waals surface area (Å²) < 4.78 is 5.00. The Bertz CT molecular complexity index is 815. The van der Waals surface area contributed by atoms with Gasteiger partial charge in [-0.05, 0) is 12.1 Å². The van der Waals surface area contributed by atoms with E-state index in [1.807, 2.05) is 11.4 Å². The van der Waals surface area contributed by atoms with E-state index in [4.69, 9.17) is 4.42 Å². The molecule has 0 atom stereocenters. The predicted molar refractivity (Wildman–Crippen MR) is 72.2 cm³/mol. The van der Waals surface area contributed by atoms with Crippen LogP contribution in [0.1, 0.15) is 6.92 Å². The Kier molecular flexibility index (Phi) is 2.68. The molecule has 2 aromatic heterocycles. The van der Waals surface area contributed by atoms with Crippen molar-refractivity contribution in [1.82, 2.24) is 9.97 Å². The first-order valence-corrected chi connectivity index (χ1v) is 6.36. The summed E-state index contributed by atoms with van der Waals surface area (Å²) in [5, 5.41) is 5.00. The Morgan fingerprint density at radius 3 is 3.11 bits per heavy atom. The van der Waals surface area contributed by atoms with Crippen LogP contribution in [-0.4, -0.2) is 15.9 Å². The van der Waals surface area contributed by atoms with E-state index in [0.29, 0.717) is 16.2 Å². The summed E-state index contributed by atoms with van der Waals surface area (Å²) in [6, 6.07) is 5.33. The molecule has 2 N–H and O–H groups in total. The summed E-state index contributed by atoms with van der Waals surface area (Å²) in [7, 11) is 0. The number of oxazole rings is 1. The summed E-state index contributed by atoms with van der Waals surface area (Å²) in [5.74, 6) is -0.641. The molecule has 3 aromatic rings. The zero-order chi connectivity index (χ0) is 13.4. The molecule has 0 aliphatic carbocycles. The normalized spacial score (nSPS) is 10.8. The van der Waals surface area contributed by atoms with Gasteiger partial charge in [0, 0.05) is 17.9 Å².